The summed E-state index contributed by atoms with van der Waals surface area (Å²) >= 11 is 1.49. The molecule has 1 aromatic rings. The maximum atomic E-state index is 10.7. The largest absolute Gasteiger partial charge is 0.468 e. The number of thiophene rings is 1. The number of carbonyl (C=O) groups is 1. The fraction of sp³-hybridized carbons (Fsp3) is 0.444. The van der Waals surface area contributed by atoms with Gasteiger partial charge in [0, 0.05) is 11.4 Å². The highest BCUT2D eigenvalue weighted by Gasteiger charge is 2.08. The Kier molecular flexibility index (Phi) is 4.58. The van der Waals surface area contributed by atoms with Crippen LogP contribution in [-0.4, -0.2) is 31.3 Å². The van der Waals surface area contributed by atoms with Crippen molar-refractivity contribution in [2.24, 2.45) is 0 Å². The van der Waals surface area contributed by atoms with Crippen LogP contribution in [0.4, 0.5) is 0 Å². The number of esters is 1. The summed E-state index contributed by atoms with van der Waals surface area (Å²) in [5.41, 5.74) is 0. The minimum Gasteiger partial charge on any atom is -0.468 e. The first-order valence-electron chi connectivity index (χ1n) is 4.23. The molecule has 0 aromatic carbocycles. The number of hydrogen-bond acceptors (Lipinski definition) is 5. The molecule has 1 unspecified atom stereocenters. The molecule has 0 spiro atoms. The molecule has 1 aromatic heterocycles. The zero-order valence-electron chi connectivity index (χ0n) is 7.90. The molecule has 2 N–H and O–H groups in total. The van der Waals surface area contributed by atoms with E-state index in [0.717, 1.165) is 4.88 Å². The van der Waals surface area contributed by atoms with E-state index in [1.807, 2.05) is 17.5 Å². The molecular weight excluding hydrogens is 202 g/mol. The average Bonchev–Trinajstić information content (AvgIpc) is 2.70. The van der Waals surface area contributed by atoms with Crippen molar-refractivity contribution in [1.82, 2.24) is 5.32 Å². The summed E-state index contributed by atoms with van der Waals surface area (Å²) in [6, 6.07) is 3.73. The molecule has 1 atom stereocenters. The molecule has 0 saturated heterocycles. The molecule has 78 valence electrons. The lowest BCUT2D eigenvalue weighted by atomic mass is 10.3. The summed E-state index contributed by atoms with van der Waals surface area (Å²) in [5, 5.41) is 14.3. The Labute approximate surface area is 86.5 Å². The minimum absolute atomic E-state index is 0.124. The summed E-state index contributed by atoms with van der Waals surface area (Å²) in [5.74, 6) is -0.330. The molecule has 0 radical (unpaired) electrons. The van der Waals surface area contributed by atoms with E-state index >= 15 is 0 Å². The van der Waals surface area contributed by atoms with Crippen molar-refractivity contribution < 1.29 is 14.6 Å². The van der Waals surface area contributed by atoms with Crippen LogP contribution in [0.1, 0.15) is 11.0 Å². The second kappa shape index (κ2) is 5.74. The molecule has 14 heavy (non-hydrogen) atoms. The van der Waals surface area contributed by atoms with E-state index < -0.39 is 6.10 Å². The van der Waals surface area contributed by atoms with E-state index in [9.17, 15) is 9.90 Å². The third kappa shape index (κ3) is 3.45. The van der Waals surface area contributed by atoms with Gasteiger partial charge in [-0.3, -0.25) is 4.79 Å². The van der Waals surface area contributed by atoms with Crippen LogP contribution >= 0.6 is 11.3 Å². The van der Waals surface area contributed by atoms with E-state index in [-0.39, 0.29) is 12.5 Å². The van der Waals surface area contributed by atoms with Gasteiger partial charge in [-0.05, 0) is 11.4 Å². The Morgan fingerprint density at radius 3 is 3.14 bits per heavy atom. The number of rotatable bonds is 5. The Hall–Kier alpha value is -0.910. The maximum Gasteiger partial charge on any atom is 0.319 e. The van der Waals surface area contributed by atoms with E-state index in [1.165, 1.54) is 18.4 Å². The fourth-order valence-corrected chi connectivity index (χ4v) is 1.68. The summed E-state index contributed by atoms with van der Waals surface area (Å²) in [6.45, 7) is 0.481. The van der Waals surface area contributed by atoms with Crippen molar-refractivity contribution in [3.05, 3.63) is 22.4 Å². The Bertz CT molecular complexity index is 274. The topological polar surface area (TPSA) is 58.6 Å². The van der Waals surface area contributed by atoms with Crippen molar-refractivity contribution in [2.75, 3.05) is 20.2 Å². The van der Waals surface area contributed by atoms with Gasteiger partial charge in [0.25, 0.3) is 0 Å². The monoisotopic (exact) mass is 215 g/mol. The normalized spacial score (nSPS) is 12.4. The third-order valence-electron chi connectivity index (χ3n) is 1.71. The summed E-state index contributed by atoms with van der Waals surface area (Å²) in [6.07, 6.45) is -0.556. The molecule has 0 bridgehead atoms. The molecule has 1 rings (SSSR count). The van der Waals surface area contributed by atoms with Gasteiger partial charge in [-0.15, -0.1) is 11.3 Å². The number of methoxy groups -OCH3 is 1. The molecule has 4 nitrogen and oxygen atoms in total. The molecule has 0 saturated carbocycles. The predicted molar refractivity (Wildman–Crippen MR) is 54.2 cm³/mol. The first-order chi connectivity index (χ1) is 6.74. The molecule has 1 heterocycles. The van der Waals surface area contributed by atoms with Crippen LogP contribution in [0, 0.1) is 0 Å². The fourth-order valence-electron chi connectivity index (χ4n) is 0.965. The van der Waals surface area contributed by atoms with Crippen LogP contribution in [0.5, 0.6) is 0 Å². The van der Waals surface area contributed by atoms with Crippen molar-refractivity contribution in [3.8, 4) is 0 Å². The van der Waals surface area contributed by atoms with Crippen LogP contribution in [0.3, 0.4) is 0 Å². The van der Waals surface area contributed by atoms with Crippen molar-refractivity contribution >= 4 is 17.3 Å². The second-order valence-corrected chi connectivity index (χ2v) is 3.72. The Balaban J connectivity index is 2.22. The number of aliphatic hydroxyl groups is 1. The van der Waals surface area contributed by atoms with E-state index in [4.69, 9.17) is 0 Å². The average molecular weight is 215 g/mol. The maximum absolute atomic E-state index is 10.7. The quantitative estimate of drug-likeness (QED) is 0.704. The van der Waals surface area contributed by atoms with Crippen LogP contribution < -0.4 is 5.32 Å². The van der Waals surface area contributed by atoms with Crippen molar-refractivity contribution in [3.63, 3.8) is 0 Å². The summed E-state index contributed by atoms with van der Waals surface area (Å²) in [4.78, 5) is 11.6. The number of ether oxygens (including phenoxy) is 1. The Morgan fingerprint density at radius 1 is 1.79 bits per heavy atom. The Morgan fingerprint density at radius 2 is 2.57 bits per heavy atom. The number of nitrogens with one attached hydrogen (secondary N) is 1. The molecule has 0 amide bonds. The summed E-state index contributed by atoms with van der Waals surface area (Å²) in [7, 11) is 1.33. The number of aliphatic hydroxyl groups excluding tert-OH is 1. The van der Waals surface area contributed by atoms with Crippen LogP contribution in [0.15, 0.2) is 17.5 Å². The zero-order chi connectivity index (χ0) is 10.4. The van der Waals surface area contributed by atoms with E-state index in [0.29, 0.717) is 6.54 Å². The highest BCUT2D eigenvalue weighted by molar-refractivity contribution is 7.10. The molecular formula is C9H13NO3S. The van der Waals surface area contributed by atoms with Gasteiger partial charge in [-0.1, -0.05) is 6.07 Å². The van der Waals surface area contributed by atoms with Gasteiger partial charge in [0.15, 0.2) is 0 Å². The molecule has 0 aliphatic carbocycles. The lowest BCUT2D eigenvalue weighted by Crippen LogP contribution is -2.27. The predicted octanol–water partition coefficient (Wildman–Crippen LogP) is 0.544. The van der Waals surface area contributed by atoms with Gasteiger partial charge < -0.3 is 15.2 Å². The number of hydrogen-bond donors (Lipinski definition) is 2. The van der Waals surface area contributed by atoms with Crippen molar-refractivity contribution in [1.29, 1.82) is 0 Å². The van der Waals surface area contributed by atoms with Gasteiger partial charge in [-0.2, -0.15) is 0 Å². The standard InChI is InChI=1S/C9H13NO3S/c1-13-9(12)6-10-5-7(11)8-3-2-4-14-8/h2-4,7,10-11H,5-6H2,1H3. The molecule has 0 aliphatic heterocycles. The minimum atomic E-state index is -0.556. The highest BCUT2D eigenvalue weighted by atomic mass is 32.1. The van der Waals surface area contributed by atoms with Crippen LogP contribution in [0.25, 0.3) is 0 Å². The third-order valence-corrected chi connectivity index (χ3v) is 2.68. The first kappa shape index (κ1) is 11.2. The second-order valence-electron chi connectivity index (χ2n) is 2.74. The highest BCUT2D eigenvalue weighted by Crippen LogP contribution is 2.17. The lowest BCUT2D eigenvalue weighted by Gasteiger charge is -2.08. The van der Waals surface area contributed by atoms with Gasteiger partial charge in [0.2, 0.25) is 0 Å². The smallest absolute Gasteiger partial charge is 0.319 e. The number of carbonyl (C=O) groups excluding carboxylic acids is 1. The van der Waals surface area contributed by atoms with E-state index in [2.05, 4.69) is 10.1 Å². The molecule has 5 heteroatoms. The summed E-state index contributed by atoms with van der Waals surface area (Å²) < 4.78 is 4.44. The zero-order valence-corrected chi connectivity index (χ0v) is 8.71. The van der Waals surface area contributed by atoms with Crippen LogP contribution in [0.2, 0.25) is 0 Å². The van der Waals surface area contributed by atoms with E-state index in [1.54, 1.807) is 0 Å². The lowest BCUT2D eigenvalue weighted by molar-refractivity contribution is -0.139. The first-order valence-corrected chi connectivity index (χ1v) is 5.11. The van der Waals surface area contributed by atoms with Gasteiger partial charge in [0.05, 0.1) is 13.7 Å². The van der Waals surface area contributed by atoms with Gasteiger partial charge in [-0.25, -0.2) is 0 Å². The molecule has 0 aliphatic rings. The van der Waals surface area contributed by atoms with Crippen molar-refractivity contribution in [2.45, 2.75) is 6.10 Å². The van der Waals surface area contributed by atoms with Crippen LogP contribution in [-0.2, 0) is 9.53 Å². The van der Waals surface area contributed by atoms with Gasteiger partial charge in [0.1, 0.15) is 6.10 Å². The van der Waals surface area contributed by atoms with Gasteiger partial charge >= 0.3 is 5.97 Å². The SMILES string of the molecule is COC(=O)CNCC(O)c1cccs1. The molecule has 0 fully saturated rings.